The zero-order valence-electron chi connectivity index (χ0n) is 16.3. The van der Waals surface area contributed by atoms with Crippen molar-refractivity contribution in [2.45, 2.75) is 96.3 Å². The lowest BCUT2D eigenvalue weighted by Gasteiger charge is -2.48. The fourth-order valence-electron chi connectivity index (χ4n) is 4.74. The van der Waals surface area contributed by atoms with Gasteiger partial charge in [-0.2, -0.15) is 0 Å². The number of hydrogen-bond donors (Lipinski definition) is 5. The monoisotopic (exact) mass is 376 g/mol. The predicted octanol–water partition coefficient (Wildman–Crippen LogP) is 0.405. The van der Waals surface area contributed by atoms with E-state index in [2.05, 4.69) is 20.8 Å². The first-order valence-corrected chi connectivity index (χ1v) is 9.70. The number of hydrogen-bond acceptors (Lipinski definition) is 7. The second-order valence-electron chi connectivity index (χ2n) is 8.89. The summed E-state index contributed by atoms with van der Waals surface area (Å²) in [6, 6.07) is 0. The molecule has 2 fully saturated rings. The van der Waals surface area contributed by atoms with Gasteiger partial charge < -0.3 is 35.0 Å². The molecule has 1 aliphatic carbocycles. The van der Waals surface area contributed by atoms with Crippen molar-refractivity contribution in [2.24, 2.45) is 17.3 Å². The standard InChI is InChI=1S/C19H36O7/c1-10-7-12(8-19(3,4)13(10)6-5-11(2)21)25-18-17(24)16(23)15(22)14(9-20)26-18/h10-18,20-24H,5-9H2,1-4H3/t10-,11+,12+,13+,14-,15-,16+,17-,18-/m1/s1. The Morgan fingerprint density at radius 2 is 1.81 bits per heavy atom. The third-order valence-corrected chi connectivity index (χ3v) is 6.15. The van der Waals surface area contributed by atoms with Gasteiger partial charge in [0.1, 0.15) is 24.4 Å². The van der Waals surface area contributed by atoms with Crippen molar-refractivity contribution < 1.29 is 35.0 Å². The molecule has 2 rings (SSSR count). The fraction of sp³-hybridized carbons (Fsp3) is 1.00. The summed E-state index contributed by atoms with van der Waals surface area (Å²) < 4.78 is 11.4. The summed E-state index contributed by atoms with van der Waals surface area (Å²) in [6.07, 6.45) is -3.34. The van der Waals surface area contributed by atoms with E-state index in [0.717, 1.165) is 25.7 Å². The number of aliphatic hydroxyl groups is 5. The van der Waals surface area contributed by atoms with Crippen LogP contribution < -0.4 is 0 Å². The van der Waals surface area contributed by atoms with Crippen LogP contribution >= 0.6 is 0 Å². The van der Waals surface area contributed by atoms with Crippen LogP contribution in [0.3, 0.4) is 0 Å². The molecule has 7 heteroatoms. The Morgan fingerprint density at radius 1 is 1.15 bits per heavy atom. The van der Waals surface area contributed by atoms with Gasteiger partial charge in [0.2, 0.25) is 0 Å². The summed E-state index contributed by atoms with van der Waals surface area (Å²) in [5.41, 5.74) is 0.00531. The van der Waals surface area contributed by atoms with Crippen molar-refractivity contribution in [3.8, 4) is 0 Å². The quantitative estimate of drug-likeness (QED) is 0.455. The molecule has 1 saturated carbocycles. The Bertz CT molecular complexity index is 440. The zero-order chi connectivity index (χ0) is 19.6. The van der Waals surface area contributed by atoms with Gasteiger partial charge in [-0.25, -0.2) is 0 Å². The van der Waals surface area contributed by atoms with E-state index in [1.807, 2.05) is 6.92 Å². The minimum absolute atomic E-state index is 0.00531. The molecule has 9 atom stereocenters. The molecule has 2 aliphatic rings. The molecule has 5 N–H and O–H groups in total. The van der Waals surface area contributed by atoms with E-state index in [0.29, 0.717) is 11.8 Å². The van der Waals surface area contributed by atoms with E-state index in [1.54, 1.807) is 0 Å². The fourth-order valence-corrected chi connectivity index (χ4v) is 4.74. The predicted molar refractivity (Wildman–Crippen MR) is 95.2 cm³/mol. The summed E-state index contributed by atoms with van der Waals surface area (Å²) in [6.45, 7) is 7.92. The third kappa shape index (κ3) is 4.95. The highest BCUT2D eigenvalue weighted by Gasteiger charge is 2.47. The molecule has 0 aromatic rings. The van der Waals surface area contributed by atoms with Crippen LogP contribution in [0.2, 0.25) is 0 Å². The molecule has 0 aromatic heterocycles. The van der Waals surface area contributed by atoms with Gasteiger partial charge in [-0.1, -0.05) is 20.8 Å². The highest BCUT2D eigenvalue weighted by molar-refractivity contribution is 4.93. The largest absolute Gasteiger partial charge is 0.394 e. The number of rotatable bonds is 6. The van der Waals surface area contributed by atoms with Crippen LogP contribution in [0.15, 0.2) is 0 Å². The first kappa shape index (κ1) is 22.0. The molecular weight excluding hydrogens is 340 g/mol. The van der Waals surface area contributed by atoms with E-state index in [9.17, 15) is 25.5 Å². The lowest BCUT2D eigenvalue weighted by Crippen LogP contribution is -2.60. The molecule has 0 amide bonds. The van der Waals surface area contributed by atoms with Crippen molar-refractivity contribution >= 4 is 0 Å². The molecule has 0 unspecified atom stereocenters. The maximum absolute atomic E-state index is 10.2. The molecule has 7 nitrogen and oxygen atoms in total. The Balaban J connectivity index is 2.00. The van der Waals surface area contributed by atoms with Gasteiger partial charge in [0.05, 0.1) is 18.8 Å². The van der Waals surface area contributed by atoms with Crippen LogP contribution in [0.1, 0.15) is 53.4 Å². The highest BCUT2D eigenvalue weighted by Crippen LogP contribution is 2.47. The van der Waals surface area contributed by atoms with Gasteiger partial charge in [0.25, 0.3) is 0 Å². The first-order chi connectivity index (χ1) is 12.1. The summed E-state index contributed by atoms with van der Waals surface area (Å²) in [7, 11) is 0. The maximum atomic E-state index is 10.2. The van der Waals surface area contributed by atoms with Crippen molar-refractivity contribution in [1.29, 1.82) is 0 Å². The van der Waals surface area contributed by atoms with Crippen LogP contribution in [0.4, 0.5) is 0 Å². The third-order valence-electron chi connectivity index (χ3n) is 6.15. The van der Waals surface area contributed by atoms with Crippen LogP contribution in [-0.4, -0.2) is 75.1 Å². The Labute approximate surface area is 155 Å². The van der Waals surface area contributed by atoms with Gasteiger partial charge in [0.15, 0.2) is 6.29 Å². The molecule has 26 heavy (non-hydrogen) atoms. The Hall–Kier alpha value is -0.280. The highest BCUT2D eigenvalue weighted by atomic mass is 16.7. The average Bonchev–Trinajstić information content (AvgIpc) is 2.53. The molecule has 1 saturated heterocycles. The average molecular weight is 376 g/mol. The second kappa shape index (κ2) is 8.82. The molecular formula is C19H36O7. The molecule has 1 heterocycles. The SMILES string of the molecule is C[C@H](O)CC[C@H]1[C@H](C)C[C@H](O[C@@H]2O[C@H](CO)[C@@H](O)[C@H](O)[C@H]2O)CC1(C)C. The summed E-state index contributed by atoms with van der Waals surface area (Å²) in [5, 5.41) is 48.9. The summed E-state index contributed by atoms with van der Waals surface area (Å²) >= 11 is 0. The molecule has 0 radical (unpaired) electrons. The number of aliphatic hydroxyl groups excluding tert-OH is 5. The van der Waals surface area contributed by atoms with Crippen LogP contribution in [0.25, 0.3) is 0 Å². The lowest BCUT2D eigenvalue weighted by molar-refractivity contribution is -0.316. The van der Waals surface area contributed by atoms with Gasteiger partial charge in [-0.15, -0.1) is 0 Å². The second-order valence-corrected chi connectivity index (χ2v) is 8.89. The van der Waals surface area contributed by atoms with Gasteiger partial charge in [0, 0.05) is 0 Å². The van der Waals surface area contributed by atoms with Crippen LogP contribution in [0.5, 0.6) is 0 Å². The molecule has 0 spiro atoms. The molecule has 1 aliphatic heterocycles. The molecule has 154 valence electrons. The summed E-state index contributed by atoms with van der Waals surface area (Å²) in [5.74, 6) is 0.846. The Kier molecular flexibility index (Phi) is 7.46. The van der Waals surface area contributed by atoms with Crippen LogP contribution in [0, 0.1) is 17.3 Å². The van der Waals surface area contributed by atoms with Gasteiger partial charge in [-0.05, 0) is 49.9 Å². The minimum atomic E-state index is -1.42. The summed E-state index contributed by atoms with van der Waals surface area (Å²) in [4.78, 5) is 0. The van der Waals surface area contributed by atoms with E-state index in [1.165, 1.54) is 0 Å². The van der Waals surface area contributed by atoms with Crippen LogP contribution in [-0.2, 0) is 9.47 Å². The van der Waals surface area contributed by atoms with E-state index in [4.69, 9.17) is 9.47 Å². The maximum Gasteiger partial charge on any atom is 0.186 e. The van der Waals surface area contributed by atoms with Gasteiger partial charge in [-0.3, -0.25) is 0 Å². The van der Waals surface area contributed by atoms with Crippen molar-refractivity contribution in [3.63, 3.8) is 0 Å². The van der Waals surface area contributed by atoms with Crippen molar-refractivity contribution in [3.05, 3.63) is 0 Å². The minimum Gasteiger partial charge on any atom is -0.394 e. The van der Waals surface area contributed by atoms with E-state index in [-0.39, 0.29) is 17.6 Å². The molecule has 0 bridgehead atoms. The lowest BCUT2D eigenvalue weighted by atomic mass is 9.61. The molecule has 0 aromatic carbocycles. The normalized spacial score (nSPS) is 44.7. The smallest absolute Gasteiger partial charge is 0.186 e. The zero-order valence-corrected chi connectivity index (χ0v) is 16.3. The number of ether oxygens (including phenoxy) is 2. The topological polar surface area (TPSA) is 120 Å². The van der Waals surface area contributed by atoms with E-state index < -0.39 is 37.3 Å². The van der Waals surface area contributed by atoms with Crippen molar-refractivity contribution in [2.75, 3.05) is 6.61 Å². The van der Waals surface area contributed by atoms with E-state index >= 15 is 0 Å². The van der Waals surface area contributed by atoms with Crippen molar-refractivity contribution in [1.82, 2.24) is 0 Å². The van der Waals surface area contributed by atoms with Gasteiger partial charge >= 0.3 is 0 Å². The first-order valence-electron chi connectivity index (χ1n) is 9.70. The Morgan fingerprint density at radius 3 is 2.35 bits per heavy atom.